The first kappa shape index (κ1) is 18.8. The van der Waals surface area contributed by atoms with Crippen LogP contribution >= 0.6 is 0 Å². The van der Waals surface area contributed by atoms with Crippen molar-refractivity contribution in [1.29, 1.82) is 0 Å². The average Bonchev–Trinajstić information content (AvgIpc) is 2.46. The molecule has 0 aliphatic carbocycles. The minimum Gasteiger partial charge on any atom is -0.444 e. The number of nitrogen functional groups attached to an aromatic ring is 1. The zero-order chi connectivity index (χ0) is 17.6. The third-order valence-electron chi connectivity index (χ3n) is 3.24. The van der Waals surface area contributed by atoms with E-state index >= 15 is 0 Å². The Morgan fingerprint density at radius 3 is 2.17 bits per heavy atom. The Kier molecular flexibility index (Phi) is 6.42. The highest BCUT2D eigenvalue weighted by Gasteiger charge is 2.21. The second-order valence-corrected chi connectivity index (χ2v) is 6.41. The fraction of sp³-hybridized carbons (Fsp3) is 0.529. The van der Waals surface area contributed by atoms with Crippen LogP contribution in [0, 0.1) is 0 Å². The van der Waals surface area contributed by atoms with Crippen molar-refractivity contribution in [1.82, 2.24) is 9.80 Å². The summed E-state index contributed by atoms with van der Waals surface area (Å²) in [5.74, 6) is -0.0786. The van der Waals surface area contributed by atoms with Crippen LogP contribution in [-0.2, 0) is 4.74 Å². The summed E-state index contributed by atoms with van der Waals surface area (Å²) in [5, 5.41) is 0. The average molecular weight is 321 g/mol. The fourth-order valence-electron chi connectivity index (χ4n) is 1.91. The minimum atomic E-state index is -0.532. The lowest BCUT2D eigenvalue weighted by Gasteiger charge is -2.27. The molecule has 0 bridgehead atoms. The Morgan fingerprint density at radius 1 is 1.13 bits per heavy atom. The van der Waals surface area contributed by atoms with Gasteiger partial charge in [-0.25, -0.2) is 4.79 Å². The van der Waals surface area contributed by atoms with Gasteiger partial charge in [0.2, 0.25) is 0 Å². The smallest absolute Gasteiger partial charge is 0.410 e. The molecule has 1 aromatic carbocycles. The first-order valence-corrected chi connectivity index (χ1v) is 7.73. The molecule has 0 saturated heterocycles. The summed E-state index contributed by atoms with van der Waals surface area (Å²) in [6.07, 6.45) is -0.395. The molecule has 6 heteroatoms. The van der Waals surface area contributed by atoms with E-state index in [4.69, 9.17) is 10.5 Å². The molecular formula is C17H27N3O3. The van der Waals surface area contributed by atoms with E-state index in [1.54, 1.807) is 36.2 Å². The van der Waals surface area contributed by atoms with Gasteiger partial charge in [-0.3, -0.25) is 4.79 Å². The molecule has 6 nitrogen and oxygen atoms in total. The Bertz CT molecular complexity index is 535. The lowest BCUT2D eigenvalue weighted by atomic mass is 10.2. The van der Waals surface area contributed by atoms with E-state index in [-0.39, 0.29) is 5.91 Å². The highest BCUT2D eigenvalue weighted by Crippen LogP contribution is 2.11. The van der Waals surface area contributed by atoms with E-state index in [2.05, 4.69) is 0 Å². The van der Waals surface area contributed by atoms with Crippen LogP contribution < -0.4 is 5.73 Å². The number of hydrogen-bond acceptors (Lipinski definition) is 4. The summed E-state index contributed by atoms with van der Waals surface area (Å²) in [6, 6.07) is 6.82. The maximum Gasteiger partial charge on any atom is 0.410 e. The Labute approximate surface area is 138 Å². The molecule has 23 heavy (non-hydrogen) atoms. The Morgan fingerprint density at radius 2 is 1.70 bits per heavy atom. The summed E-state index contributed by atoms with van der Waals surface area (Å²) in [5.41, 5.74) is 6.31. The van der Waals surface area contributed by atoms with Crippen molar-refractivity contribution >= 4 is 17.7 Å². The largest absolute Gasteiger partial charge is 0.444 e. The van der Waals surface area contributed by atoms with Crippen molar-refractivity contribution in [2.24, 2.45) is 0 Å². The Hall–Kier alpha value is -2.24. The molecule has 0 aromatic heterocycles. The summed E-state index contributed by atoms with van der Waals surface area (Å²) in [4.78, 5) is 27.5. The van der Waals surface area contributed by atoms with Gasteiger partial charge >= 0.3 is 6.09 Å². The van der Waals surface area contributed by atoms with Crippen LogP contribution in [0.1, 0.15) is 38.1 Å². The van der Waals surface area contributed by atoms with Gasteiger partial charge in [0.05, 0.1) is 0 Å². The topological polar surface area (TPSA) is 75.9 Å². The molecule has 1 aromatic rings. The molecular weight excluding hydrogens is 294 g/mol. The highest BCUT2D eigenvalue weighted by atomic mass is 16.6. The van der Waals surface area contributed by atoms with Gasteiger partial charge in [-0.1, -0.05) is 0 Å². The van der Waals surface area contributed by atoms with Gasteiger partial charge in [-0.15, -0.1) is 0 Å². The van der Waals surface area contributed by atoms with E-state index < -0.39 is 11.7 Å². The summed E-state index contributed by atoms with van der Waals surface area (Å²) < 4.78 is 5.29. The molecule has 0 aliphatic rings. The van der Waals surface area contributed by atoms with E-state index in [1.165, 1.54) is 4.90 Å². The van der Waals surface area contributed by atoms with Gasteiger partial charge < -0.3 is 20.3 Å². The molecule has 128 valence electrons. The normalized spacial score (nSPS) is 11.0. The first-order valence-electron chi connectivity index (χ1n) is 7.73. The van der Waals surface area contributed by atoms with Gasteiger partial charge in [0, 0.05) is 37.9 Å². The number of anilines is 1. The number of benzene rings is 1. The summed E-state index contributed by atoms with van der Waals surface area (Å²) in [7, 11) is 1.66. The van der Waals surface area contributed by atoms with Crippen LogP contribution in [0.25, 0.3) is 0 Å². The SMILES string of the molecule is CCN(CCN(C)C(=O)OC(C)(C)C)C(=O)c1ccc(N)cc1. The van der Waals surface area contributed by atoms with Gasteiger partial charge in [-0.05, 0) is 52.0 Å². The molecule has 0 radical (unpaired) electrons. The van der Waals surface area contributed by atoms with Crippen molar-refractivity contribution in [2.45, 2.75) is 33.3 Å². The number of ether oxygens (including phenoxy) is 1. The van der Waals surface area contributed by atoms with Crippen LogP contribution in [0.4, 0.5) is 10.5 Å². The number of amides is 2. The molecule has 0 unspecified atom stereocenters. The quantitative estimate of drug-likeness (QED) is 0.846. The predicted molar refractivity (Wildman–Crippen MR) is 91.3 cm³/mol. The third kappa shape index (κ3) is 6.18. The van der Waals surface area contributed by atoms with Crippen LogP contribution in [0.15, 0.2) is 24.3 Å². The first-order chi connectivity index (χ1) is 10.6. The van der Waals surface area contributed by atoms with E-state index in [9.17, 15) is 9.59 Å². The van der Waals surface area contributed by atoms with Crippen LogP contribution in [0.2, 0.25) is 0 Å². The van der Waals surface area contributed by atoms with Gasteiger partial charge in [-0.2, -0.15) is 0 Å². The van der Waals surface area contributed by atoms with E-state index in [0.717, 1.165) is 0 Å². The number of nitrogens with zero attached hydrogens (tertiary/aromatic N) is 2. The second kappa shape index (κ2) is 7.85. The molecule has 2 N–H and O–H groups in total. The number of carbonyl (C=O) groups is 2. The number of likely N-dealkylation sites (N-methyl/N-ethyl adjacent to an activating group) is 2. The van der Waals surface area contributed by atoms with Crippen molar-refractivity contribution in [3.63, 3.8) is 0 Å². The Balaban J connectivity index is 2.61. The van der Waals surface area contributed by atoms with E-state index in [0.29, 0.717) is 30.9 Å². The standard InChI is InChI=1S/C17H27N3O3/c1-6-20(15(21)13-7-9-14(18)10-8-13)12-11-19(5)16(22)23-17(2,3)4/h7-10H,6,11-12,18H2,1-5H3. The zero-order valence-electron chi connectivity index (χ0n) is 14.6. The maximum atomic E-state index is 12.4. The third-order valence-corrected chi connectivity index (χ3v) is 3.24. The highest BCUT2D eigenvalue weighted by molar-refractivity contribution is 5.94. The number of nitrogens with two attached hydrogens (primary N) is 1. The number of rotatable bonds is 5. The van der Waals surface area contributed by atoms with Crippen LogP contribution in [0.5, 0.6) is 0 Å². The summed E-state index contributed by atoms with van der Waals surface area (Å²) in [6.45, 7) is 8.78. The summed E-state index contributed by atoms with van der Waals surface area (Å²) >= 11 is 0. The molecule has 0 spiro atoms. The van der Waals surface area contributed by atoms with Crippen molar-refractivity contribution < 1.29 is 14.3 Å². The lowest BCUT2D eigenvalue weighted by Crippen LogP contribution is -2.41. The fourth-order valence-corrected chi connectivity index (χ4v) is 1.91. The molecule has 0 atom stereocenters. The van der Waals surface area contributed by atoms with E-state index in [1.807, 2.05) is 27.7 Å². The van der Waals surface area contributed by atoms with Gasteiger partial charge in [0.15, 0.2) is 0 Å². The lowest BCUT2D eigenvalue weighted by molar-refractivity contribution is 0.0279. The van der Waals surface area contributed by atoms with Gasteiger partial charge in [0.25, 0.3) is 5.91 Å². The number of carbonyl (C=O) groups excluding carboxylic acids is 2. The molecule has 2 amide bonds. The van der Waals surface area contributed by atoms with Crippen molar-refractivity contribution in [3.8, 4) is 0 Å². The van der Waals surface area contributed by atoms with Crippen molar-refractivity contribution in [2.75, 3.05) is 32.4 Å². The van der Waals surface area contributed by atoms with Gasteiger partial charge in [0.1, 0.15) is 5.60 Å². The molecule has 0 aliphatic heterocycles. The molecule has 1 rings (SSSR count). The van der Waals surface area contributed by atoms with Crippen LogP contribution in [0.3, 0.4) is 0 Å². The zero-order valence-corrected chi connectivity index (χ0v) is 14.6. The minimum absolute atomic E-state index is 0.0786. The van der Waals surface area contributed by atoms with Crippen molar-refractivity contribution in [3.05, 3.63) is 29.8 Å². The maximum absolute atomic E-state index is 12.4. The molecule has 0 heterocycles. The monoisotopic (exact) mass is 321 g/mol. The number of hydrogen-bond donors (Lipinski definition) is 1. The molecule has 0 saturated carbocycles. The second-order valence-electron chi connectivity index (χ2n) is 6.41. The van der Waals surface area contributed by atoms with Crippen LogP contribution in [-0.4, -0.2) is 54.1 Å². The molecule has 0 fully saturated rings. The predicted octanol–water partition coefficient (Wildman–Crippen LogP) is 2.60.